The molecule has 1 aromatic heterocycles. The summed E-state index contributed by atoms with van der Waals surface area (Å²) in [4.78, 5) is 9.15. The van der Waals surface area contributed by atoms with Gasteiger partial charge < -0.3 is 20.3 Å². The molecule has 0 spiro atoms. The summed E-state index contributed by atoms with van der Waals surface area (Å²) in [6.45, 7) is 1.63. The molecule has 3 aliphatic rings. The minimum Gasteiger partial charge on any atom is -0.396 e. The number of rotatable bonds is 6. The van der Waals surface area contributed by atoms with Gasteiger partial charge in [-0.1, -0.05) is 0 Å². The Morgan fingerprint density at radius 2 is 1.96 bits per heavy atom. The summed E-state index contributed by atoms with van der Waals surface area (Å²) in [5.74, 6) is 1.62. The topological polar surface area (TPSA) is 87.5 Å². The zero-order chi connectivity index (χ0) is 17.2. The van der Waals surface area contributed by atoms with E-state index in [-0.39, 0.29) is 24.5 Å². The SMILES string of the molecule is OC[C@@H]1[C@@H](Cc2ccnc(C3CC3)n2)[C@H](NC2CCOCC2)C[C@H]1O. The number of aromatic nitrogens is 2. The molecule has 1 saturated heterocycles. The summed E-state index contributed by atoms with van der Waals surface area (Å²) in [7, 11) is 0. The molecule has 6 heteroatoms. The fourth-order valence-corrected chi connectivity index (χ4v) is 4.41. The molecule has 0 amide bonds. The summed E-state index contributed by atoms with van der Waals surface area (Å²) in [5.41, 5.74) is 1.04. The van der Waals surface area contributed by atoms with Gasteiger partial charge in [0, 0.05) is 55.6 Å². The summed E-state index contributed by atoms with van der Waals surface area (Å²) >= 11 is 0. The Labute approximate surface area is 149 Å². The molecule has 138 valence electrons. The van der Waals surface area contributed by atoms with E-state index in [0.29, 0.717) is 18.4 Å². The normalized spacial score (nSPS) is 33.7. The molecular weight excluding hydrogens is 318 g/mol. The van der Waals surface area contributed by atoms with Crippen LogP contribution >= 0.6 is 0 Å². The minimum atomic E-state index is -0.447. The first kappa shape index (κ1) is 17.3. The molecule has 2 aliphatic carbocycles. The van der Waals surface area contributed by atoms with E-state index < -0.39 is 6.10 Å². The molecule has 2 saturated carbocycles. The Hall–Kier alpha value is -1.08. The van der Waals surface area contributed by atoms with Gasteiger partial charge in [0.15, 0.2) is 0 Å². The maximum absolute atomic E-state index is 10.4. The van der Waals surface area contributed by atoms with E-state index in [9.17, 15) is 10.2 Å². The Morgan fingerprint density at radius 1 is 1.16 bits per heavy atom. The second-order valence-corrected chi connectivity index (χ2v) is 7.86. The predicted octanol–water partition coefficient (Wildman–Crippen LogP) is 1.02. The monoisotopic (exact) mass is 347 g/mol. The van der Waals surface area contributed by atoms with Gasteiger partial charge in [-0.15, -0.1) is 0 Å². The van der Waals surface area contributed by atoms with Crippen LogP contribution in [0.3, 0.4) is 0 Å². The Kier molecular flexibility index (Phi) is 5.31. The van der Waals surface area contributed by atoms with Crippen molar-refractivity contribution in [3.63, 3.8) is 0 Å². The molecule has 0 unspecified atom stereocenters. The molecule has 3 N–H and O–H groups in total. The lowest BCUT2D eigenvalue weighted by Gasteiger charge is -2.31. The van der Waals surface area contributed by atoms with Crippen molar-refractivity contribution in [1.82, 2.24) is 15.3 Å². The fourth-order valence-electron chi connectivity index (χ4n) is 4.41. The van der Waals surface area contributed by atoms with Crippen LogP contribution < -0.4 is 5.32 Å². The number of aliphatic hydroxyl groups excluding tert-OH is 2. The lowest BCUT2D eigenvalue weighted by molar-refractivity contribution is 0.0678. The number of nitrogens with one attached hydrogen (secondary N) is 1. The van der Waals surface area contributed by atoms with Crippen molar-refractivity contribution in [3.05, 3.63) is 23.8 Å². The van der Waals surface area contributed by atoms with Crippen LogP contribution in [0.1, 0.15) is 49.5 Å². The highest BCUT2D eigenvalue weighted by molar-refractivity contribution is 5.12. The lowest BCUT2D eigenvalue weighted by atomic mass is 9.88. The van der Waals surface area contributed by atoms with Crippen molar-refractivity contribution in [2.75, 3.05) is 19.8 Å². The molecule has 4 rings (SSSR count). The molecule has 25 heavy (non-hydrogen) atoms. The Balaban J connectivity index is 1.47. The minimum absolute atomic E-state index is 0.0261. The average Bonchev–Trinajstić information content (AvgIpc) is 3.43. The Morgan fingerprint density at radius 3 is 2.68 bits per heavy atom. The molecule has 2 heterocycles. The smallest absolute Gasteiger partial charge is 0.131 e. The standard InChI is InChI=1S/C19H29N3O3/c23-11-16-15(9-14-3-6-20-19(22-14)12-1-2-12)17(10-18(16)24)21-13-4-7-25-8-5-13/h3,6,12-13,15-18,21,23-24H,1-2,4-5,7-11H2/t15-,16-,17-,18-/m1/s1. The van der Waals surface area contributed by atoms with Gasteiger partial charge in [0.25, 0.3) is 0 Å². The van der Waals surface area contributed by atoms with Crippen LogP contribution in [0.5, 0.6) is 0 Å². The fraction of sp³-hybridized carbons (Fsp3) is 0.789. The predicted molar refractivity (Wildman–Crippen MR) is 93.2 cm³/mol. The summed E-state index contributed by atoms with van der Waals surface area (Å²) in [6.07, 6.45) is 7.31. The highest BCUT2D eigenvalue weighted by Gasteiger charge is 2.43. The van der Waals surface area contributed by atoms with Gasteiger partial charge in [-0.25, -0.2) is 9.97 Å². The number of nitrogens with zero attached hydrogens (tertiary/aromatic N) is 2. The molecule has 0 aromatic carbocycles. The molecule has 0 bridgehead atoms. The summed E-state index contributed by atoms with van der Waals surface area (Å²) in [5, 5.41) is 24.0. The first-order chi connectivity index (χ1) is 12.2. The van der Waals surface area contributed by atoms with E-state index in [2.05, 4.69) is 10.3 Å². The summed E-state index contributed by atoms with van der Waals surface area (Å²) in [6, 6.07) is 2.64. The number of hydrogen-bond acceptors (Lipinski definition) is 6. The van der Waals surface area contributed by atoms with Gasteiger partial charge in [0.2, 0.25) is 0 Å². The number of ether oxygens (including phenoxy) is 1. The van der Waals surface area contributed by atoms with Crippen molar-refractivity contribution in [2.45, 2.75) is 62.6 Å². The van der Waals surface area contributed by atoms with E-state index in [1.54, 1.807) is 0 Å². The Bertz CT molecular complexity index is 575. The molecule has 0 radical (unpaired) electrons. The van der Waals surface area contributed by atoms with E-state index in [4.69, 9.17) is 9.72 Å². The van der Waals surface area contributed by atoms with Gasteiger partial charge in [-0.3, -0.25) is 0 Å². The third-order valence-electron chi connectivity index (χ3n) is 6.06. The van der Waals surface area contributed by atoms with Crippen LogP contribution in [0.25, 0.3) is 0 Å². The maximum atomic E-state index is 10.4. The first-order valence-corrected chi connectivity index (χ1v) is 9.69. The van der Waals surface area contributed by atoms with Gasteiger partial charge in [-0.2, -0.15) is 0 Å². The maximum Gasteiger partial charge on any atom is 0.131 e. The van der Waals surface area contributed by atoms with Gasteiger partial charge in [0.05, 0.1) is 6.10 Å². The molecular formula is C19H29N3O3. The average molecular weight is 347 g/mol. The molecule has 6 nitrogen and oxygen atoms in total. The molecule has 4 atom stereocenters. The van der Waals surface area contributed by atoms with Crippen LogP contribution in [-0.4, -0.2) is 58.2 Å². The van der Waals surface area contributed by atoms with Crippen molar-refractivity contribution >= 4 is 0 Å². The van der Waals surface area contributed by atoms with E-state index in [1.807, 2.05) is 12.3 Å². The van der Waals surface area contributed by atoms with Crippen LogP contribution in [0.4, 0.5) is 0 Å². The van der Waals surface area contributed by atoms with Crippen LogP contribution in [0.15, 0.2) is 12.3 Å². The zero-order valence-electron chi connectivity index (χ0n) is 14.7. The lowest BCUT2D eigenvalue weighted by Crippen LogP contribution is -2.44. The first-order valence-electron chi connectivity index (χ1n) is 9.69. The highest BCUT2D eigenvalue weighted by atomic mass is 16.5. The zero-order valence-corrected chi connectivity index (χ0v) is 14.7. The largest absolute Gasteiger partial charge is 0.396 e. The van der Waals surface area contributed by atoms with Crippen molar-refractivity contribution < 1.29 is 14.9 Å². The molecule has 3 fully saturated rings. The van der Waals surface area contributed by atoms with E-state index in [1.165, 1.54) is 12.8 Å². The van der Waals surface area contributed by atoms with E-state index in [0.717, 1.165) is 44.0 Å². The van der Waals surface area contributed by atoms with Gasteiger partial charge in [-0.05, 0) is 50.5 Å². The van der Waals surface area contributed by atoms with Crippen molar-refractivity contribution in [1.29, 1.82) is 0 Å². The van der Waals surface area contributed by atoms with Crippen molar-refractivity contribution in [3.8, 4) is 0 Å². The van der Waals surface area contributed by atoms with E-state index >= 15 is 0 Å². The third kappa shape index (κ3) is 4.03. The number of hydrogen-bond donors (Lipinski definition) is 3. The van der Waals surface area contributed by atoms with Gasteiger partial charge >= 0.3 is 0 Å². The van der Waals surface area contributed by atoms with Gasteiger partial charge in [0.1, 0.15) is 5.82 Å². The van der Waals surface area contributed by atoms with Crippen LogP contribution in [0, 0.1) is 11.8 Å². The highest BCUT2D eigenvalue weighted by Crippen LogP contribution is 2.39. The third-order valence-corrected chi connectivity index (χ3v) is 6.06. The second kappa shape index (κ2) is 7.66. The van der Waals surface area contributed by atoms with Crippen LogP contribution in [0.2, 0.25) is 0 Å². The molecule has 1 aliphatic heterocycles. The van der Waals surface area contributed by atoms with Crippen LogP contribution in [-0.2, 0) is 11.2 Å². The second-order valence-electron chi connectivity index (χ2n) is 7.86. The quantitative estimate of drug-likeness (QED) is 0.712. The van der Waals surface area contributed by atoms with Crippen molar-refractivity contribution in [2.24, 2.45) is 11.8 Å². The molecule has 1 aromatic rings. The number of aliphatic hydroxyl groups is 2. The summed E-state index contributed by atoms with van der Waals surface area (Å²) < 4.78 is 5.45.